The quantitative estimate of drug-likeness (QED) is 0.827. The molecule has 0 saturated heterocycles. The van der Waals surface area contributed by atoms with Crippen LogP contribution >= 0.6 is 0 Å². The van der Waals surface area contributed by atoms with E-state index in [1.165, 1.54) is 11.1 Å². The average Bonchev–Trinajstić information content (AvgIpc) is 2.58. The molecule has 0 atom stereocenters. The van der Waals surface area contributed by atoms with Gasteiger partial charge in [-0.15, -0.1) is 0 Å². The molecular weight excluding hydrogens is 298 g/mol. The number of hydrogen-bond acceptors (Lipinski definition) is 5. The maximum absolute atomic E-state index is 4.65. The van der Waals surface area contributed by atoms with E-state index >= 15 is 0 Å². The summed E-state index contributed by atoms with van der Waals surface area (Å²) in [5, 5.41) is 3.44. The molecule has 1 aromatic carbocycles. The number of anilines is 2. The van der Waals surface area contributed by atoms with Crippen molar-refractivity contribution < 1.29 is 0 Å². The highest BCUT2D eigenvalue weighted by Gasteiger charge is 2.18. The minimum atomic E-state index is 0.821. The predicted octanol–water partition coefficient (Wildman–Crippen LogP) is 2.71. The van der Waals surface area contributed by atoms with Crippen molar-refractivity contribution in [1.29, 1.82) is 0 Å². The van der Waals surface area contributed by atoms with Crippen molar-refractivity contribution in [3.63, 3.8) is 0 Å². The van der Waals surface area contributed by atoms with Gasteiger partial charge in [-0.3, -0.25) is 0 Å². The minimum Gasteiger partial charge on any atom is -0.370 e. The summed E-state index contributed by atoms with van der Waals surface area (Å²) < 4.78 is 0. The van der Waals surface area contributed by atoms with Gasteiger partial charge in [0.1, 0.15) is 17.5 Å². The molecule has 2 heterocycles. The second-order valence-electron chi connectivity index (χ2n) is 6.68. The van der Waals surface area contributed by atoms with Crippen LogP contribution in [0.5, 0.6) is 0 Å². The summed E-state index contributed by atoms with van der Waals surface area (Å²) >= 11 is 0. The molecule has 3 rings (SSSR count). The van der Waals surface area contributed by atoms with Crippen LogP contribution in [0.3, 0.4) is 0 Å². The molecule has 0 saturated carbocycles. The molecule has 0 amide bonds. The third-order valence-corrected chi connectivity index (χ3v) is 4.37. The second kappa shape index (κ2) is 7.62. The maximum Gasteiger partial charge on any atom is 0.134 e. The molecule has 0 fully saturated rings. The second-order valence-corrected chi connectivity index (χ2v) is 6.68. The van der Waals surface area contributed by atoms with Crippen LogP contribution in [0.15, 0.2) is 30.3 Å². The highest BCUT2D eigenvalue weighted by molar-refractivity contribution is 5.51. The summed E-state index contributed by atoms with van der Waals surface area (Å²) in [6.45, 7) is 5.90. The number of aryl methyl sites for hydroxylation is 1. The first-order valence-electron chi connectivity index (χ1n) is 8.68. The summed E-state index contributed by atoms with van der Waals surface area (Å²) in [4.78, 5) is 13.7. The Kier molecular flexibility index (Phi) is 5.30. The van der Waals surface area contributed by atoms with Crippen LogP contribution in [-0.2, 0) is 13.0 Å². The zero-order valence-electron chi connectivity index (χ0n) is 14.9. The Labute approximate surface area is 144 Å². The first-order chi connectivity index (χ1) is 11.6. The number of fused-ring (bicyclic) bond motifs is 1. The van der Waals surface area contributed by atoms with Gasteiger partial charge in [-0.1, -0.05) is 24.3 Å². The Balaban J connectivity index is 1.68. The topological polar surface area (TPSA) is 44.3 Å². The lowest BCUT2D eigenvalue weighted by Crippen LogP contribution is -2.31. The van der Waals surface area contributed by atoms with Crippen molar-refractivity contribution >= 4 is 11.6 Å². The van der Waals surface area contributed by atoms with Crippen molar-refractivity contribution in [3.05, 3.63) is 47.3 Å². The molecule has 24 heavy (non-hydrogen) atoms. The van der Waals surface area contributed by atoms with Gasteiger partial charge in [0.05, 0.1) is 0 Å². The lowest BCUT2D eigenvalue weighted by molar-refractivity contribution is 0.405. The van der Waals surface area contributed by atoms with E-state index in [1.807, 2.05) is 6.92 Å². The number of benzene rings is 1. The van der Waals surface area contributed by atoms with E-state index in [4.69, 9.17) is 0 Å². The van der Waals surface area contributed by atoms with Gasteiger partial charge in [-0.25, -0.2) is 9.97 Å². The smallest absolute Gasteiger partial charge is 0.134 e. The summed E-state index contributed by atoms with van der Waals surface area (Å²) in [5.41, 5.74) is 2.86. The van der Waals surface area contributed by atoms with Crippen molar-refractivity contribution in [2.75, 3.05) is 43.9 Å². The van der Waals surface area contributed by atoms with Gasteiger partial charge in [0.2, 0.25) is 0 Å². The van der Waals surface area contributed by atoms with Gasteiger partial charge in [0, 0.05) is 25.7 Å². The molecule has 1 N–H and O–H groups in total. The van der Waals surface area contributed by atoms with Gasteiger partial charge in [-0.2, -0.15) is 0 Å². The Hall–Kier alpha value is -2.14. The number of rotatable bonds is 6. The summed E-state index contributed by atoms with van der Waals surface area (Å²) in [6, 6.07) is 10.8. The van der Waals surface area contributed by atoms with Crippen LogP contribution < -0.4 is 10.2 Å². The summed E-state index contributed by atoms with van der Waals surface area (Å²) in [6.07, 6.45) is 2.17. The molecule has 2 aromatic rings. The fraction of sp³-hybridized carbons (Fsp3) is 0.474. The van der Waals surface area contributed by atoms with E-state index in [-0.39, 0.29) is 0 Å². The predicted molar refractivity (Wildman–Crippen MR) is 99.6 cm³/mol. The zero-order chi connectivity index (χ0) is 16.9. The number of nitrogens with one attached hydrogen (secondary N) is 1. The van der Waals surface area contributed by atoms with Crippen LogP contribution in [0, 0.1) is 6.92 Å². The fourth-order valence-corrected chi connectivity index (χ4v) is 3.11. The van der Waals surface area contributed by atoms with Gasteiger partial charge >= 0.3 is 0 Å². The van der Waals surface area contributed by atoms with E-state index in [9.17, 15) is 0 Å². The Morgan fingerprint density at radius 2 is 1.96 bits per heavy atom. The van der Waals surface area contributed by atoms with Crippen molar-refractivity contribution in [1.82, 2.24) is 14.9 Å². The molecule has 1 aromatic heterocycles. The maximum atomic E-state index is 4.65. The van der Waals surface area contributed by atoms with Gasteiger partial charge in [0.15, 0.2) is 0 Å². The minimum absolute atomic E-state index is 0.821. The third kappa shape index (κ3) is 4.23. The van der Waals surface area contributed by atoms with Gasteiger partial charge < -0.3 is 15.1 Å². The van der Waals surface area contributed by atoms with E-state index in [0.717, 1.165) is 56.5 Å². The zero-order valence-corrected chi connectivity index (χ0v) is 14.9. The van der Waals surface area contributed by atoms with Crippen LogP contribution in [0.1, 0.15) is 23.4 Å². The van der Waals surface area contributed by atoms with E-state index in [1.54, 1.807) is 0 Å². The molecule has 5 nitrogen and oxygen atoms in total. The summed E-state index contributed by atoms with van der Waals surface area (Å²) in [5.74, 6) is 2.77. The van der Waals surface area contributed by atoms with Gasteiger partial charge in [0.25, 0.3) is 0 Å². The highest BCUT2D eigenvalue weighted by Crippen LogP contribution is 2.24. The number of aromatic nitrogens is 2. The fourth-order valence-electron chi connectivity index (χ4n) is 3.11. The Morgan fingerprint density at radius 1 is 1.17 bits per heavy atom. The van der Waals surface area contributed by atoms with E-state index < -0.39 is 0 Å². The standard InChI is InChI=1S/C19H27N5/c1-15-21-18(20-10-6-11-23(2)3)13-19(22-15)24-12-9-16-7-4-5-8-17(16)14-24/h4-5,7-8,13H,6,9-12,14H2,1-3H3,(H,20,21,22). The third-order valence-electron chi connectivity index (χ3n) is 4.37. The van der Waals surface area contributed by atoms with Crippen molar-refractivity contribution in [2.24, 2.45) is 0 Å². The SMILES string of the molecule is Cc1nc(NCCCN(C)C)cc(N2CCc3ccccc3C2)n1. The Bertz CT molecular complexity index is 683. The molecular formula is C19H27N5. The lowest BCUT2D eigenvalue weighted by atomic mass is 10.00. The number of hydrogen-bond donors (Lipinski definition) is 1. The monoisotopic (exact) mass is 325 g/mol. The normalized spacial score (nSPS) is 13.9. The average molecular weight is 325 g/mol. The molecule has 0 spiro atoms. The first kappa shape index (κ1) is 16.7. The molecule has 0 radical (unpaired) electrons. The van der Waals surface area contributed by atoms with E-state index in [2.05, 4.69) is 69.5 Å². The molecule has 1 aliphatic heterocycles. The molecule has 128 valence electrons. The molecule has 1 aliphatic rings. The molecule has 0 unspecified atom stereocenters. The molecule has 0 aliphatic carbocycles. The molecule has 0 bridgehead atoms. The van der Waals surface area contributed by atoms with Gasteiger partial charge in [-0.05, 0) is 51.5 Å². The van der Waals surface area contributed by atoms with Crippen molar-refractivity contribution in [2.45, 2.75) is 26.3 Å². The van der Waals surface area contributed by atoms with Crippen LogP contribution in [0.25, 0.3) is 0 Å². The lowest BCUT2D eigenvalue weighted by Gasteiger charge is -2.30. The van der Waals surface area contributed by atoms with Crippen LogP contribution in [-0.4, -0.2) is 48.6 Å². The van der Waals surface area contributed by atoms with Crippen LogP contribution in [0.2, 0.25) is 0 Å². The Morgan fingerprint density at radius 3 is 2.75 bits per heavy atom. The number of nitrogens with zero attached hydrogens (tertiary/aromatic N) is 4. The largest absolute Gasteiger partial charge is 0.370 e. The van der Waals surface area contributed by atoms with E-state index in [0.29, 0.717) is 0 Å². The van der Waals surface area contributed by atoms with Crippen LogP contribution in [0.4, 0.5) is 11.6 Å². The first-order valence-corrected chi connectivity index (χ1v) is 8.68. The highest BCUT2D eigenvalue weighted by atomic mass is 15.2. The summed E-state index contributed by atoms with van der Waals surface area (Å²) in [7, 11) is 4.20. The van der Waals surface area contributed by atoms with Crippen molar-refractivity contribution in [3.8, 4) is 0 Å². The molecule has 5 heteroatoms.